The van der Waals surface area contributed by atoms with Gasteiger partial charge < -0.3 is 10.0 Å². The molecule has 1 N–H and O–H groups in total. The lowest BCUT2D eigenvalue weighted by Crippen LogP contribution is -2.18. The Balaban J connectivity index is 0.000000305. The normalized spacial score (nSPS) is 18.0. The Labute approximate surface area is 195 Å². The van der Waals surface area contributed by atoms with E-state index in [-0.39, 0.29) is 6.61 Å². The molecule has 32 heavy (non-hydrogen) atoms. The molecule has 1 unspecified atom stereocenters. The molecule has 2 aliphatic rings. The molecule has 2 fully saturated rings. The summed E-state index contributed by atoms with van der Waals surface area (Å²) in [6.45, 7) is 11.5. The van der Waals surface area contributed by atoms with Gasteiger partial charge in [0.05, 0.1) is 18.5 Å². The molecule has 0 radical (unpaired) electrons. The van der Waals surface area contributed by atoms with Gasteiger partial charge in [-0.05, 0) is 66.0 Å². The van der Waals surface area contributed by atoms with Crippen LogP contribution in [-0.4, -0.2) is 39.5 Å². The van der Waals surface area contributed by atoms with E-state index in [1.807, 2.05) is 13.0 Å². The van der Waals surface area contributed by atoms with Gasteiger partial charge in [0.25, 0.3) is 0 Å². The Morgan fingerprint density at radius 3 is 2.59 bits per heavy atom. The predicted octanol–water partition coefficient (Wildman–Crippen LogP) is 5.10. The van der Waals surface area contributed by atoms with Crippen molar-refractivity contribution in [2.75, 3.05) is 13.1 Å². The first-order valence-electron chi connectivity index (χ1n) is 10.9. The van der Waals surface area contributed by atoms with Crippen LogP contribution in [0.1, 0.15) is 47.6 Å². The molecule has 1 saturated heterocycles. The average Bonchev–Trinajstić information content (AvgIpc) is 3.56. The Morgan fingerprint density at radius 1 is 1.28 bits per heavy atom. The number of carbonyl (C=O) groups is 1. The van der Waals surface area contributed by atoms with E-state index < -0.39 is 0 Å². The van der Waals surface area contributed by atoms with Crippen LogP contribution < -0.4 is 0 Å². The number of hydrogen-bond acceptors (Lipinski definition) is 4. The lowest BCUT2D eigenvalue weighted by molar-refractivity contribution is -0.117. The number of nitrogens with zero attached hydrogens (tertiary/aromatic N) is 3. The number of carbonyl (C=O) groups excluding carboxylic acids is 1. The molecule has 1 aliphatic heterocycles. The second-order valence-electron chi connectivity index (χ2n) is 8.25. The first-order valence-corrected chi connectivity index (χ1v) is 11.2. The minimum atomic E-state index is 0.0119. The summed E-state index contributed by atoms with van der Waals surface area (Å²) in [6, 6.07) is 6.29. The van der Waals surface area contributed by atoms with Crippen molar-refractivity contribution in [1.29, 1.82) is 0 Å². The molecule has 1 atom stereocenters. The van der Waals surface area contributed by atoms with Gasteiger partial charge in [-0.25, -0.2) is 4.98 Å². The molecule has 2 aromatic rings. The van der Waals surface area contributed by atoms with Crippen molar-refractivity contribution < 1.29 is 9.90 Å². The first-order chi connectivity index (χ1) is 15.5. The minimum absolute atomic E-state index is 0.0119. The van der Waals surface area contributed by atoms with Gasteiger partial charge in [-0.2, -0.15) is 0 Å². The fraction of sp³-hybridized carbons (Fsp3) is 0.346. The number of allylic oxidation sites excluding steroid dienone is 4. The van der Waals surface area contributed by atoms with Gasteiger partial charge in [-0.15, -0.1) is 0 Å². The van der Waals surface area contributed by atoms with Crippen LogP contribution in [0.25, 0.3) is 5.57 Å². The van der Waals surface area contributed by atoms with Gasteiger partial charge in [0.15, 0.2) is 0 Å². The van der Waals surface area contributed by atoms with E-state index in [4.69, 9.17) is 11.6 Å². The van der Waals surface area contributed by atoms with Crippen molar-refractivity contribution in [2.24, 2.45) is 5.92 Å². The van der Waals surface area contributed by atoms with Crippen LogP contribution >= 0.6 is 11.6 Å². The third kappa shape index (κ3) is 6.15. The van der Waals surface area contributed by atoms with Crippen LogP contribution in [0.5, 0.6) is 0 Å². The fourth-order valence-corrected chi connectivity index (χ4v) is 4.08. The standard InChI is InChI=1S/C21H25NO2.C5H5ClN2/c1-3-4-20(15(2)16-5-6-16)17-7-8-21(19(11-17)13-23)18-9-10-22(12-18)14-24;1-4-2-8-5(6)3-7-4/h3-4,7-8,11,14,16,18,23H,1-2,5-6,9-10,12-13H2;2-3H,1H3/b20-4+;. The summed E-state index contributed by atoms with van der Waals surface area (Å²) < 4.78 is 0. The third-order valence-electron chi connectivity index (χ3n) is 5.88. The molecule has 0 bridgehead atoms. The molecule has 0 spiro atoms. The summed E-state index contributed by atoms with van der Waals surface area (Å²) in [5, 5.41) is 10.3. The Kier molecular flexibility index (Phi) is 8.37. The summed E-state index contributed by atoms with van der Waals surface area (Å²) in [7, 11) is 0. The second kappa shape index (κ2) is 11.2. The van der Waals surface area contributed by atoms with Crippen molar-refractivity contribution in [3.63, 3.8) is 0 Å². The SMILES string of the molecule is C=C/C=C(\C(=C)C1CC1)c1ccc(C2CCN(C=O)C2)c(CO)c1.Cc1cnc(Cl)cn1. The number of likely N-dealkylation sites (tertiary alicyclic amines) is 1. The lowest BCUT2D eigenvalue weighted by atomic mass is 9.88. The molecule has 6 heteroatoms. The minimum Gasteiger partial charge on any atom is -0.392 e. The summed E-state index contributed by atoms with van der Waals surface area (Å²) >= 11 is 5.44. The number of hydrogen-bond donors (Lipinski definition) is 1. The predicted molar refractivity (Wildman–Crippen MR) is 129 cm³/mol. The van der Waals surface area contributed by atoms with Crippen LogP contribution in [0, 0.1) is 12.8 Å². The number of rotatable bonds is 7. The van der Waals surface area contributed by atoms with Crippen molar-refractivity contribution in [3.8, 4) is 0 Å². The molecule has 1 saturated carbocycles. The van der Waals surface area contributed by atoms with Crippen LogP contribution in [0.2, 0.25) is 5.15 Å². The van der Waals surface area contributed by atoms with Gasteiger partial charge in [-0.1, -0.05) is 49.0 Å². The summed E-state index contributed by atoms with van der Waals surface area (Å²) in [5.74, 6) is 0.898. The quantitative estimate of drug-likeness (QED) is 0.469. The third-order valence-corrected chi connectivity index (χ3v) is 6.08. The first kappa shape index (κ1) is 23.9. The van der Waals surface area contributed by atoms with E-state index in [1.54, 1.807) is 17.2 Å². The fourth-order valence-electron chi connectivity index (χ4n) is 3.98. The van der Waals surface area contributed by atoms with Crippen LogP contribution in [0.4, 0.5) is 0 Å². The number of halogens is 1. The maximum Gasteiger partial charge on any atom is 0.209 e. The Hall–Kier alpha value is -2.76. The molecule has 5 nitrogen and oxygen atoms in total. The zero-order valence-corrected chi connectivity index (χ0v) is 19.3. The highest BCUT2D eigenvalue weighted by atomic mass is 35.5. The van der Waals surface area contributed by atoms with Crippen molar-refractivity contribution in [2.45, 2.75) is 38.7 Å². The summed E-state index contributed by atoms with van der Waals surface area (Å²) in [5.41, 5.74) is 6.36. The molecule has 1 aliphatic carbocycles. The lowest BCUT2D eigenvalue weighted by Gasteiger charge is -2.18. The van der Waals surface area contributed by atoms with Gasteiger partial charge in [0.2, 0.25) is 6.41 Å². The van der Waals surface area contributed by atoms with E-state index in [2.05, 4.69) is 41.3 Å². The second-order valence-corrected chi connectivity index (χ2v) is 8.64. The highest BCUT2D eigenvalue weighted by Gasteiger charge is 2.28. The highest BCUT2D eigenvalue weighted by Crippen LogP contribution is 2.42. The van der Waals surface area contributed by atoms with Gasteiger partial charge in [0.1, 0.15) is 5.15 Å². The van der Waals surface area contributed by atoms with Gasteiger partial charge in [0, 0.05) is 25.2 Å². The summed E-state index contributed by atoms with van der Waals surface area (Å²) in [6.07, 6.45) is 11.3. The molecule has 1 aromatic heterocycles. The highest BCUT2D eigenvalue weighted by molar-refractivity contribution is 6.29. The maximum atomic E-state index is 10.9. The summed E-state index contributed by atoms with van der Waals surface area (Å²) in [4.78, 5) is 20.4. The molecule has 4 rings (SSSR count). The molecule has 2 heterocycles. The van der Waals surface area contributed by atoms with Crippen LogP contribution in [0.3, 0.4) is 0 Å². The van der Waals surface area contributed by atoms with Crippen molar-refractivity contribution in [1.82, 2.24) is 14.9 Å². The number of aryl methyl sites for hydroxylation is 1. The monoisotopic (exact) mass is 451 g/mol. The maximum absolute atomic E-state index is 10.9. The smallest absolute Gasteiger partial charge is 0.209 e. The molecular weight excluding hydrogens is 422 g/mol. The Morgan fingerprint density at radius 2 is 2.06 bits per heavy atom. The van der Waals surface area contributed by atoms with E-state index in [0.29, 0.717) is 17.0 Å². The Bertz CT molecular complexity index is 976. The van der Waals surface area contributed by atoms with Crippen LogP contribution in [0.15, 0.2) is 61.5 Å². The average molecular weight is 452 g/mol. The zero-order chi connectivity index (χ0) is 23.1. The van der Waals surface area contributed by atoms with Gasteiger partial charge >= 0.3 is 0 Å². The molecule has 1 amide bonds. The topological polar surface area (TPSA) is 66.3 Å². The van der Waals surface area contributed by atoms with Crippen LogP contribution in [-0.2, 0) is 11.4 Å². The van der Waals surface area contributed by atoms with E-state index in [1.165, 1.54) is 24.6 Å². The molecular formula is C26H30ClN3O2. The van der Waals surface area contributed by atoms with E-state index >= 15 is 0 Å². The number of aliphatic hydroxyl groups excluding tert-OH is 1. The zero-order valence-electron chi connectivity index (χ0n) is 18.5. The van der Waals surface area contributed by atoms with Gasteiger partial charge in [-0.3, -0.25) is 9.78 Å². The largest absolute Gasteiger partial charge is 0.392 e. The van der Waals surface area contributed by atoms with Crippen molar-refractivity contribution in [3.05, 3.63) is 89.0 Å². The number of benzene rings is 1. The van der Waals surface area contributed by atoms with Crippen molar-refractivity contribution >= 4 is 23.6 Å². The van der Waals surface area contributed by atoms with E-state index in [9.17, 15) is 9.90 Å². The molecule has 1 aromatic carbocycles. The van der Waals surface area contributed by atoms with E-state index in [0.717, 1.165) is 53.9 Å². The number of aromatic nitrogens is 2. The molecule has 168 valence electrons. The number of amides is 1. The number of aliphatic hydroxyl groups is 1.